The lowest BCUT2D eigenvalue weighted by atomic mass is 9.99. The Kier molecular flexibility index (Phi) is 4.38. The first-order valence-electron chi connectivity index (χ1n) is 6.88. The molecule has 1 aliphatic rings. The van der Waals surface area contributed by atoms with Crippen LogP contribution >= 0.6 is 22.6 Å². The topological polar surface area (TPSA) is 38.7 Å². The van der Waals surface area contributed by atoms with Crippen LogP contribution in [0.2, 0.25) is 0 Å². The predicted octanol–water partition coefficient (Wildman–Crippen LogP) is 4.31. The third-order valence-electron chi connectivity index (χ3n) is 3.57. The molecule has 1 heterocycles. The molecule has 0 atom stereocenters. The molecule has 0 spiro atoms. The van der Waals surface area contributed by atoms with Gasteiger partial charge in [-0.15, -0.1) is 0 Å². The molecule has 0 saturated carbocycles. The van der Waals surface area contributed by atoms with Gasteiger partial charge in [0.25, 0.3) is 0 Å². The summed E-state index contributed by atoms with van der Waals surface area (Å²) in [5.74, 6) is -0.317. The summed E-state index contributed by atoms with van der Waals surface area (Å²) >= 11 is 2.31. The Morgan fingerprint density at radius 2 is 1.91 bits per heavy atom. The van der Waals surface area contributed by atoms with Gasteiger partial charge in [-0.3, -0.25) is 4.99 Å². The molecule has 4 heteroatoms. The smallest absolute Gasteiger partial charge is 0.337 e. The minimum atomic E-state index is -0.317. The second-order valence-electron chi connectivity index (χ2n) is 4.99. The molecular weight excluding hydrogens is 389 g/mol. The fourth-order valence-electron chi connectivity index (χ4n) is 2.39. The molecule has 0 saturated heterocycles. The second-order valence-corrected chi connectivity index (χ2v) is 6.23. The van der Waals surface area contributed by atoms with Crippen LogP contribution in [0.15, 0.2) is 59.7 Å². The fraction of sp³-hybridized carbons (Fsp3) is 0.111. The van der Waals surface area contributed by atoms with Crippen LogP contribution in [-0.2, 0) is 4.74 Å². The Morgan fingerprint density at radius 3 is 2.59 bits per heavy atom. The molecule has 2 aromatic carbocycles. The van der Waals surface area contributed by atoms with Gasteiger partial charge in [-0.05, 0) is 63.6 Å². The summed E-state index contributed by atoms with van der Waals surface area (Å²) in [6, 6.07) is 15.8. The number of benzene rings is 2. The minimum Gasteiger partial charge on any atom is -0.465 e. The molecule has 0 bridgehead atoms. The van der Waals surface area contributed by atoms with Crippen LogP contribution in [0.3, 0.4) is 0 Å². The van der Waals surface area contributed by atoms with Crippen molar-refractivity contribution in [2.75, 3.05) is 7.11 Å². The van der Waals surface area contributed by atoms with E-state index in [-0.39, 0.29) is 5.97 Å². The highest BCUT2D eigenvalue weighted by Crippen LogP contribution is 2.27. The number of allylic oxidation sites excluding steroid dienone is 1. The zero-order valence-corrected chi connectivity index (χ0v) is 14.2. The predicted molar refractivity (Wildman–Crippen MR) is 96.1 cm³/mol. The van der Waals surface area contributed by atoms with E-state index in [1.54, 1.807) is 12.1 Å². The van der Waals surface area contributed by atoms with Crippen LogP contribution in [0.1, 0.15) is 27.9 Å². The van der Waals surface area contributed by atoms with Crippen LogP contribution in [0.5, 0.6) is 0 Å². The summed E-state index contributed by atoms with van der Waals surface area (Å²) in [6.07, 6.45) is 2.71. The molecule has 110 valence electrons. The highest BCUT2D eigenvalue weighted by atomic mass is 127. The van der Waals surface area contributed by atoms with Gasteiger partial charge in [0.2, 0.25) is 0 Å². The van der Waals surface area contributed by atoms with E-state index in [4.69, 9.17) is 4.74 Å². The highest BCUT2D eigenvalue weighted by molar-refractivity contribution is 14.1. The monoisotopic (exact) mass is 403 g/mol. The number of halogens is 1. The maximum Gasteiger partial charge on any atom is 0.337 e. The van der Waals surface area contributed by atoms with Crippen molar-refractivity contribution < 1.29 is 9.53 Å². The Morgan fingerprint density at radius 1 is 1.14 bits per heavy atom. The van der Waals surface area contributed by atoms with Crippen molar-refractivity contribution in [2.24, 2.45) is 4.99 Å². The van der Waals surface area contributed by atoms with Crippen LogP contribution in [0, 0.1) is 3.57 Å². The summed E-state index contributed by atoms with van der Waals surface area (Å²) in [4.78, 5) is 16.0. The summed E-state index contributed by atoms with van der Waals surface area (Å²) in [5.41, 5.74) is 5.03. The van der Waals surface area contributed by atoms with Crippen LogP contribution in [0.25, 0.3) is 5.57 Å². The largest absolute Gasteiger partial charge is 0.465 e. The number of ether oxygens (including phenoxy) is 1. The summed E-state index contributed by atoms with van der Waals surface area (Å²) < 4.78 is 5.91. The molecule has 0 aliphatic carbocycles. The second kappa shape index (κ2) is 6.44. The highest BCUT2D eigenvalue weighted by Gasteiger charge is 2.14. The van der Waals surface area contributed by atoms with Gasteiger partial charge in [-0.25, -0.2) is 4.79 Å². The molecule has 1 aliphatic heterocycles. The molecule has 0 N–H and O–H groups in total. The minimum absolute atomic E-state index is 0.317. The van der Waals surface area contributed by atoms with Gasteiger partial charge in [0.1, 0.15) is 0 Å². The molecule has 3 rings (SSSR count). The SMILES string of the molecule is COC(=O)c1ccc(C2=CN=C(c3cccc(I)c3)C2)cc1. The van der Waals surface area contributed by atoms with Crippen molar-refractivity contribution in [1.29, 1.82) is 0 Å². The summed E-state index contributed by atoms with van der Waals surface area (Å²) in [6.45, 7) is 0. The van der Waals surface area contributed by atoms with E-state index >= 15 is 0 Å². The summed E-state index contributed by atoms with van der Waals surface area (Å²) in [7, 11) is 1.39. The number of hydrogen-bond donors (Lipinski definition) is 0. The molecule has 0 unspecified atom stereocenters. The lowest BCUT2D eigenvalue weighted by Crippen LogP contribution is -2.01. The Hall–Kier alpha value is -1.95. The van der Waals surface area contributed by atoms with E-state index in [0.717, 1.165) is 28.8 Å². The quantitative estimate of drug-likeness (QED) is 0.566. The average molecular weight is 403 g/mol. The van der Waals surface area contributed by atoms with Gasteiger partial charge >= 0.3 is 5.97 Å². The molecule has 22 heavy (non-hydrogen) atoms. The van der Waals surface area contributed by atoms with Crippen LogP contribution in [0.4, 0.5) is 0 Å². The number of esters is 1. The van der Waals surface area contributed by atoms with Crippen molar-refractivity contribution in [3.63, 3.8) is 0 Å². The number of carbonyl (C=O) groups excluding carboxylic acids is 1. The van der Waals surface area contributed by atoms with Crippen molar-refractivity contribution in [1.82, 2.24) is 0 Å². The molecule has 0 amide bonds. The number of methoxy groups -OCH3 is 1. The van der Waals surface area contributed by atoms with E-state index in [2.05, 4.69) is 45.8 Å². The maximum atomic E-state index is 11.5. The van der Waals surface area contributed by atoms with E-state index in [1.807, 2.05) is 24.4 Å². The van der Waals surface area contributed by atoms with Crippen molar-refractivity contribution in [3.05, 3.63) is 75.0 Å². The number of nitrogens with zero attached hydrogens (tertiary/aromatic N) is 1. The van der Waals surface area contributed by atoms with Crippen LogP contribution in [-0.4, -0.2) is 18.8 Å². The third kappa shape index (κ3) is 3.11. The molecule has 0 radical (unpaired) electrons. The van der Waals surface area contributed by atoms with Gasteiger partial charge in [0.05, 0.1) is 18.4 Å². The lowest BCUT2D eigenvalue weighted by Gasteiger charge is -2.06. The molecule has 3 nitrogen and oxygen atoms in total. The third-order valence-corrected chi connectivity index (χ3v) is 4.24. The van der Waals surface area contributed by atoms with Crippen LogP contribution < -0.4 is 0 Å². The standard InChI is InChI=1S/C18H14INO2/c1-22-18(21)13-7-5-12(6-8-13)15-10-17(20-11-15)14-3-2-4-16(19)9-14/h2-9,11H,10H2,1H3. The van der Waals surface area contributed by atoms with Gasteiger partial charge in [-0.2, -0.15) is 0 Å². The van der Waals surface area contributed by atoms with Gasteiger partial charge in [0.15, 0.2) is 0 Å². The number of carbonyl (C=O) groups is 1. The maximum absolute atomic E-state index is 11.5. The molecule has 0 aromatic heterocycles. The molecule has 0 fully saturated rings. The van der Waals surface area contributed by atoms with Crippen molar-refractivity contribution in [2.45, 2.75) is 6.42 Å². The lowest BCUT2D eigenvalue weighted by molar-refractivity contribution is 0.0600. The zero-order valence-electron chi connectivity index (χ0n) is 12.0. The molecular formula is C18H14INO2. The van der Waals surface area contributed by atoms with Gasteiger partial charge in [0, 0.05) is 16.2 Å². The number of hydrogen-bond acceptors (Lipinski definition) is 3. The normalized spacial score (nSPS) is 13.5. The Labute approximate surface area is 142 Å². The Balaban J connectivity index is 1.75. The molecule has 2 aromatic rings. The van der Waals surface area contributed by atoms with Gasteiger partial charge < -0.3 is 4.74 Å². The van der Waals surface area contributed by atoms with E-state index in [9.17, 15) is 4.79 Å². The van der Waals surface area contributed by atoms with E-state index in [0.29, 0.717) is 5.56 Å². The average Bonchev–Trinajstić information content (AvgIpc) is 3.04. The first-order valence-corrected chi connectivity index (χ1v) is 7.95. The first kappa shape index (κ1) is 15.0. The van der Waals surface area contributed by atoms with E-state index in [1.165, 1.54) is 10.7 Å². The number of aliphatic imine (C=N–C) groups is 1. The van der Waals surface area contributed by atoms with Crippen molar-refractivity contribution in [3.8, 4) is 0 Å². The number of rotatable bonds is 3. The Bertz CT molecular complexity index is 776. The first-order chi connectivity index (χ1) is 10.7. The van der Waals surface area contributed by atoms with E-state index < -0.39 is 0 Å². The van der Waals surface area contributed by atoms with Crippen molar-refractivity contribution >= 4 is 39.8 Å². The summed E-state index contributed by atoms with van der Waals surface area (Å²) in [5, 5.41) is 0. The fourth-order valence-corrected chi connectivity index (χ4v) is 2.93. The van der Waals surface area contributed by atoms with Gasteiger partial charge in [-0.1, -0.05) is 24.3 Å². The zero-order chi connectivity index (χ0) is 15.5.